The molecule has 4 N–H and O–H groups in total. The zero-order chi connectivity index (χ0) is 47.2. The number of methoxy groups -OCH3 is 1. The number of benzene rings is 1. The fourth-order valence-corrected chi connectivity index (χ4v) is 10.4. The Bertz CT molecular complexity index is 2380. The van der Waals surface area contributed by atoms with Gasteiger partial charge in [0.1, 0.15) is 51.5 Å². The molecule has 2 aromatic heterocycles. The number of nitrogens with zero attached hydrogens (tertiary/aromatic N) is 3. The summed E-state index contributed by atoms with van der Waals surface area (Å²) in [4.78, 5) is 67.6. The van der Waals surface area contributed by atoms with Crippen LogP contribution in [-0.2, 0) is 33.6 Å². The highest BCUT2D eigenvalue weighted by molar-refractivity contribution is 7.85. The third-order valence-corrected chi connectivity index (χ3v) is 13.7. The van der Waals surface area contributed by atoms with Crippen LogP contribution in [0, 0.1) is 11.3 Å². The van der Waals surface area contributed by atoms with Gasteiger partial charge >= 0.3 is 16.4 Å². The van der Waals surface area contributed by atoms with E-state index in [-0.39, 0.29) is 30.5 Å². The van der Waals surface area contributed by atoms with E-state index in [4.69, 9.17) is 40.0 Å². The summed E-state index contributed by atoms with van der Waals surface area (Å²) in [5, 5.41) is 12.2. The van der Waals surface area contributed by atoms with E-state index in [1.165, 1.54) is 23.3 Å². The Morgan fingerprint density at radius 1 is 1.03 bits per heavy atom. The average molecular weight is 949 g/mol. The summed E-state index contributed by atoms with van der Waals surface area (Å²) in [5.74, 6) is -1.86. The largest absolute Gasteiger partial charge is 0.495 e. The second-order valence-corrected chi connectivity index (χ2v) is 21.9. The third kappa shape index (κ3) is 11.1. The molecule has 64 heavy (non-hydrogen) atoms. The second-order valence-electron chi connectivity index (χ2n) is 19.4. The molecule has 352 valence electrons. The predicted octanol–water partition coefficient (Wildman–Crippen LogP) is 7.12. The highest BCUT2D eigenvalue weighted by Crippen LogP contribution is 2.48. The fraction of sp³-hybridized carbons (Fsp3) is 0.636. The predicted molar refractivity (Wildman–Crippen MR) is 245 cm³/mol. The third-order valence-electron chi connectivity index (χ3n) is 11.5. The van der Waals surface area contributed by atoms with Crippen molar-refractivity contribution in [3.8, 4) is 22.9 Å². The van der Waals surface area contributed by atoms with Crippen molar-refractivity contribution in [3.05, 3.63) is 28.6 Å². The smallest absolute Gasteiger partial charge is 0.408 e. The molecule has 3 aliphatic rings. The number of hydrogen-bond donors (Lipinski definition) is 4. The minimum Gasteiger partial charge on any atom is -0.495 e. The van der Waals surface area contributed by atoms with Crippen LogP contribution >= 0.6 is 22.9 Å². The topological polar surface area (TPSA) is 216 Å². The van der Waals surface area contributed by atoms with Gasteiger partial charge in [0.25, 0.3) is 5.91 Å². The fourth-order valence-electron chi connectivity index (χ4n) is 8.14. The molecule has 2 aliphatic carbocycles. The van der Waals surface area contributed by atoms with Crippen LogP contribution in [0.2, 0.25) is 5.02 Å². The van der Waals surface area contributed by atoms with Gasteiger partial charge in [0.05, 0.1) is 30.5 Å². The Kier molecular flexibility index (Phi) is 14.1. The molecule has 3 fully saturated rings. The van der Waals surface area contributed by atoms with Crippen molar-refractivity contribution in [1.82, 2.24) is 30.2 Å². The first-order valence-corrected chi connectivity index (χ1v) is 24.5. The van der Waals surface area contributed by atoms with Crippen LogP contribution in [0.1, 0.15) is 114 Å². The Balaban J connectivity index is 1.35. The SMILES string of the molecule is CCCC1(OS(=O)(=O)NC(=O)[C@@]2(NC(=O)[C@@H]3C[C@@H](Oc4cc(-c5csc(NC(C)C)n5)nc5c(Cl)c(OC)ccc45)CN3C(=O)[C@@H](NC(=O)OC(C)(C)C)C(C)(C)C)C[C@H]2CC)CC1. The van der Waals surface area contributed by atoms with Gasteiger partial charge in [0, 0.05) is 29.3 Å². The van der Waals surface area contributed by atoms with Crippen LogP contribution in [0.15, 0.2) is 23.6 Å². The van der Waals surface area contributed by atoms with Gasteiger partial charge in [-0.1, -0.05) is 59.1 Å². The quantitative estimate of drug-likeness (QED) is 0.106. The number of carbonyl (C=O) groups excluding carboxylic acids is 4. The number of thiazole rings is 1. The second kappa shape index (κ2) is 18.4. The monoisotopic (exact) mass is 947 g/mol. The van der Waals surface area contributed by atoms with Crippen LogP contribution in [0.25, 0.3) is 22.3 Å². The van der Waals surface area contributed by atoms with Crippen molar-refractivity contribution >= 4 is 73.1 Å². The molecular weight excluding hydrogens is 886 g/mol. The minimum absolute atomic E-state index is 0.0431. The van der Waals surface area contributed by atoms with Gasteiger partial charge in [-0.25, -0.2) is 23.7 Å². The number of aromatic nitrogens is 2. The van der Waals surface area contributed by atoms with Crippen LogP contribution in [0.5, 0.6) is 11.5 Å². The summed E-state index contributed by atoms with van der Waals surface area (Å²) in [6.07, 6.45) is 1.29. The number of anilines is 1. The van der Waals surface area contributed by atoms with Crippen LogP contribution in [0.3, 0.4) is 0 Å². The number of likely N-dealkylation sites (tertiary alicyclic amines) is 1. The molecule has 5 atom stereocenters. The van der Waals surface area contributed by atoms with Crippen molar-refractivity contribution in [3.63, 3.8) is 0 Å². The molecule has 0 unspecified atom stereocenters. The van der Waals surface area contributed by atoms with Crippen molar-refractivity contribution in [2.45, 2.75) is 155 Å². The molecule has 0 bridgehead atoms. The number of halogens is 1. The summed E-state index contributed by atoms with van der Waals surface area (Å²) in [5.41, 5.74) is -2.77. The molecule has 1 aliphatic heterocycles. The molecule has 20 heteroatoms. The summed E-state index contributed by atoms with van der Waals surface area (Å²) >= 11 is 8.27. The van der Waals surface area contributed by atoms with Crippen LogP contribution < -0.4 is 30.1 Å². The van der Waals surface area contributed by atoms with Gasteiger partial charge in [-0.2, -0.15) is 8.42 Å². The normalized spacial score (nSPS) is 22.1. The standard InChI is InChI=1S/C44H62ClN7O10S2/c1-12-16-43(17-18-43)62-64(57,58)51-38(55)44(21-25(44)13-2)50-36(53)30-19-26(22-52(30)37(54)35(41(5,6)7)49-40(56)61-42(8,9)10)60-32-20-28(29-23-63-39(48-29)46-24(3)4)47-34-27(32)14-15-31(59-11)33(34)45/h14-15,20,23-26,30,35H,12-13,16-19,21-22H2,1-11H3,(H,46,48)(H,49,56)(H,50,53)(H,51,55)/t25-,26-,30+,35-,44-/m1/s1. The van der Waals surface area contributed by atoms with E-state index in [9.17, 15) is 27.6 Å². The van der Waals surface area contributed by atoms with E-state index in [0.717, 1.165) is 0 Å². The first-order chi connectivity index (χ1) is 29.8. The van der Waals surface area contributed by atoms with Crippen molar-refractivity contribution in [2.75, 3.05) is 19.0 Å². The lowest BCUT2D eigenvalue weighted by Crippen LogP contribution is -2.60. The maximum absolute atomic E-state index is 14.9. The molecule has 4 amide bonds. The molecule has 2 saturated carbocycles. The number of alkyl carbamates (subject to hydrolysis) is 1. The molecule has 0 spiro atoms. The number of hydrogen-bond acceptors (Lipinski definition) is 14. The average Bonchev–Trinajstić information content (AvgIpc) is 3.97. The highest BCUT2D eigenvalue weighted by atomic mass is 35.5. The lowest BCUT2D eigenvalue weighted by Gasteiger charge is -2.36. The number of ether oxygens (including phenoxy) is 3. The Morgan fingerprint density at radius 2 is 1.73 bits per heavy atom. The Morgan fingerprint density at radius 3 is 2.31 bits per heavy atom. The van der Waals surface area contributed by atoms with E-state index >= 15 is 0 Å². The van der Waals surface area contributed by atoms with Gasteiger partial charge in [-0.05, 0) is 83.8 Å². The summed E-state index contributed by atoms with van der Waals surface area (Å²) in [7, 11) is -3.02. The van der Waals surface area contributed by atoms with Gasteiger partial charge in [-0.3, -0.25) is 14.4 Å². The number of pyridine rings is 1. The van der Waals surface area contributed by atoms with E-state index < -0.39 is 80.4 Å². The van der Waals surface area contributed by atoms with E-state index in [1.54, 1.807) is 59.7 Å². The minimum atomic E-state index is -4.52. The molecule has 17 nitrogen and oxygen atoms in total. The highest BCUT2D eigenvalue weighted by Gasteiger charge is 2.62. The maximum atomic E-state index is 14.9. The summed E-state index contributed by atoms with van der Waals surface area (Å²) in [6.45, 7) is 18.1. The zero-order valence-corrected chi connectivity index (χ0v) is 40.9. The van der Waals surface area contributed by atoms with Crippen molar-refractivity contribution in [1.29, 1.82) is 0 Å². The Labute approximate surface area is 384 Å². The molecule has 3 heterocycles. The van der Waals surface area contributed by atoms with Gasteiger partial charge in [0.2, 0.25) is 11.8 Å². The van der Waals surface area contributed by atoms with E-state index in [1.807, 2.05) is 33.1 Å². The molecule has 1 saturated heterocycles. The molecule has 0 radical (unpaired) electrons. The van der Waals surface area contributed by atoms with Crippen LogP contribution in [0.4, 0.5) is 9.93 Å². The number of fused-ring (bicyclic) bond motifs is 1. The van der Waals surface area contributed by atoms with Crippen molar-refractivity contribution in [2.24, 2.45) is 11.3 Å². The lowest BCUT2D eigenvalue weighted by molar-refractivity contribution is -0.143. The lowest BCUT2D eigenvalue weighted by atomic mass is 9.85. The van der Waals surface area contributed by atoms with Crippen LogP contribution in [-0.4, -0.2) is 102 Å². The number of nitrogens with one attached hydrogen (secondary N) is 4. The number of amides is 4. The van der Waals surface area contributed by atoms with E-state index in [0.29, 0.717) is 71.0 Å². The first kappa shape index (κ1) is 49.0. The van der Waals surface area contributed by atoms with Crippen molar-refractivity contribution < 1.29 is 46.0 Å². The molecular formula is C44H62ClN7O10S2. The summed E-state index contributed by atoms with van der Waals surface area (Å²) < 4.78 is 51.7. The zero-order valence-electron chi connectivity index (χ0n) is 38.5. The van der Waals surface area contributed by atoms with Gasteiger partial charge in [0.15, 0.2) is 5.13 Å². The molecule has 6 rings (SSSR count). The van der Waals surface area contributed by atoms with Gasteiger partial charge < -0.3 is 35.1 Å². The first-order valence-electron chi connectivity index (χ1n) is 21.8. The van der Waals surface area contributed by atoms with Gasteiger partial charge in [-0.15, -0.1) is 11.3 Å². The molecule has 1 aromatic carbocycles. The summed E-state index contributed by atoms with van der Waals surface area (Å²) in [6, 6.07) is 2.92. The maximum Gasteiger partial charge on any atom is 0.408 e. The molecule has 3 aromatic rings. The number of carbonyl (C=O) groups is 4. The number of rotatable bonds is 17. The van der Waals surface area contributed by atoms with E-state index in [2.05, 4.69) is 20.7 Å². The Hall–Kier alpha value is -4.46.